The fourth-order valence-electron chi connectivity index (χ4n) is 0. The molecule has 6 heavy (non-hydrogen) atoms. The fraction of sp³-hybridized carbons (Fsp3) is 0.667. The van der Waals surface area contributed by atoms with Crippen molar-refractivity contribution in [3.63, 3.8) is 0 Å². The van der Waals surface area contributed by atoms with E-state index in [0.717, 1.165) is 0 Å². The van der Waals surface area contributed by atoms with Crippen LogP contribution < -0.4 is 0 Å². The van der Waals surface area contributed by atoms with Crippen LogP contribution >= 0.6 is 0 Å². The van der Waals surface area contributed by atoms with Gasteiger partial charge in [0, 0.05) is 27.0 Å². The van der Waals surface area contributed by atoms with E-state index in [0.29, 0.717) is 6.42 Å². The topological polar surface area (TPSA) is 40.9 Å². The van der Waals surface area contributed by atoms with Crippen molar-refractivity contribution in [3.05, 3.63) is 5.73 Å². The molecule has 0 saturated heterocycles. The van der Waals surface area contributed by atoms with Gasteiger partial charge in [0.1, 0.15) is 0 Å². The average molecular weight is 256 g/mol. The summed E-state index contributed by atoms with van der Waals surface area (Å²) in [5.74, 6) is -0.495. The molecule has 0 aliphatic rings. The molecular formula is C3H6NOW-. The Bertz CT molecular complexity index is 46.1. The molecule has 0 rings (SSSR count). The van der Waals surface area contributed by atoms with Crippen LogP contribution in [-0.4, -0.2) is 5.91 Å². The molecule has 0 atom stereocenters. The largest absolute Gasteiger partial charge is 0.668 e. The van der Waals surface area contributed by atoms with E-state index in [1.54, 1.807) is 6.92 Å². The Balaban J connectivity index is 0. The predicted molar refractivity (Wildman–Crippen MR) is 19.6 cm³/mol. The molecule has 0 aromatic carbocycles. The second-order valence-corrected chi connectivity index (χ2v) is 0.777. The van der Waals surface area contributed by atoms with Gasteiger partial charge >= 0.3 is 0 Å². The second-order valence-electron chi connectivity index (χ2n) is 0.777. The molecule has 1 amide bonds. The number of hydrogen-bond donors (Lipinski definition) is 0. The Morgan fingerprint density at radius 1 is 1.83 bits per heavy atom. The maximum absolute atomic E-state index is 9.48. The number of nitrogens with one attached hydrogen (secondary N) is 1. The van der Waals surface area contributed by atoms with Gasteiger partial charge in [-0.25, -0.2) is 0 Å². The Kier molecular flexibility index (Phi) is 8.15. The zero-order chi connectivity index (χ0) is 4.28. The molecule has 0 fully saturated rings. The maximum atomic E-state index is 9.48. The average Bonchev–Trinajstić information content (AvgIpc) is 1.38. The number of rotatable bonds is 1. The van der Waals surface area contributed by atoms with Gasteiger partial charge in [0.2, 0.25) is 0 Å². The quantitative estimate of drug-likeness (QED) is 0.689. The van der Waals surface area contributed by atoms with Gasteiger partial charge in [-0.1, -0.05) is 6.92 Å². The minimum absolute atomic E-state index is 0. The Labute approximate surface area is 51.4 Å². The molecule has 0 heterocycles. The van der Waals surface area contributed by atoms with Crippen LogP contribution in [0.15, 0.2) is 0 Å². The van der Waals surface area contributed by atoms with E-state index in [1.807, 2.05) is 0 Å². The monoisotopic (exact) mass is 256 g/mol. The third-order valence-electron chi connectivity index (χ3n) is 0.321. The molecule has 0 unspecified atom stereocenters. The Hall–Kier alpha value is 0.158. The molecule has 0 bridgehead atoms. The molecule has 0 aliphatic heterocycles. The van der Waals surface area contributed by atoms with Gasteiger partial charge in [-0.3, -0.25) is 0 Å². The van der Waals surface area contributed by atoms with Crippen molar-refractivity contribution in [1.82, 2.24) is 0 Å². The second kappa shape index (κ2) is 5.16. The van der Waals surface area contributed by atoms with E-state index in [1.165, 1.54) is 0 Å². The third kappa shape index (κ3) is 8.90. The predicted octanol–water partition coefficient (Wildman–Crippen LogP) is 0.973. The zero-order valence-corrected chi connectivity index (χ0v) is 6.46. The van der Waals surface area contributed by atoms with E-state index in [4.69, 9.17) is 5.73 Å². The van der Waals surface area contributed by atoms with E-state index >= 15 is 0 Å². The standard InChI is InChI=1S/C3H7NO.W/c1-2-3(4)5;/h2H2,1H3,(H2,4,5);/p-1. The van der Waals surface area contributed by atoms with Crippen LogP contribution in [0.4, 0.5) is 0 Å². The first-order chi connectivity index (χ1) is 2.27. The van der Waals surface area contributed by atoms with Gasteiger partial charge in [-0.05, 0) is 6.42 Å². The first kappa shape index (κ1) is 9.48. The Morgan fingerprint density at radius 3 is 2.00 bits per heavy atom. The van der Waals surface area contributed by atoms with Crippen LogP contribution in [0.3, 0.4) is 0 Å². The summed E-state index contributed by atoms with van der Waals surface area (Å²) in [5.41, 5.74) is 6.19. The van der Waals surface area contributed by atoms with Crippen molar-refractivity contribution in [3.8, 4) is 0 Å². The van der Waals surface area contributed by atoms with Crippen molar-refractivity contribution in [2.45, 2.75) is 13.3 Å². The maximum Gasteiger partial charge on any atom is 0.0484 e. The molecule has 2 nitrogen and oxygen atoms in total. The summed E-state index contributed by atoms with van der Waals surface area (Å²) < 4.78 is 0. The van der Waals surface area contributed by atoms with Gasteiger partial charge in [-0.15, -0.1) is 0 Å². The number of carbonyl (C=O) groups is 1. The minimum Gasteiger partial charge on any atom is -0.668 e. The number of carbonyl (C=O) groups excluding carboxylic acids is 1. The van der Waals surface area contributed by atoms with Crippen LogP contribution in [-0.2, 0) is 25.9 Å². The minimum atomic E-state index is -0.495. The zero-order valence-electron chi connectivity index (χ0n) is 3.52. The van der Waals surface area contributed by atoms with Crippen LogP contribution in [0.1, 0.15) is 13.3 Å². The van der Waals surface area contributed by atoms with Crippen molar-refractivity contribution in [1.29, 1.82) is 0 Å². The third-order valence-corrected chi connectivity index (χ3v) is 0.321. The summed E-state index contributed by atoms with van der Waals surface area (Å²) in [6.45, 7) is 1.66. The summed E-state index contributed by atoms with van der Waals surface area (Å²) in [4.78, 5) is 9.48. The van der Waals surface area contributed by atoms with Crippen molar-refractivity contribution in [2.24, 2.45) is 0 Å². The summed E-state index contributed by atoms with van der Waals surface area (Å²) in [5, 5.41) is 0. The molecule has 0 aromatic rings. The molecule has 0 radical (unpaired) electrons. The van der Waals surface area contributed by atoms with Crippen molar-refractivity contribution < 1.29 is 25.9 Å². The molecule has 0 aromatic heterocycles. The normalized spacial score (nSPS) is 6.17. The van der Waals surface area contributed by atoms with Gasteiger partial charge in [-0.2, -0.15) is 0 Å². The van der Waals surface area contributed by atoms with Crippen molar-refractivity contribution in [2.75, 3.05) is 0 Å². The SMILES string of the molecule is CCC([NH-])=O.[W]. The summed E-state index contributed by atoms with van der Waals surface area (Å²) in [6.07, 6.45) is 0.333. The molecule has 0 saturated carbocycles. The number of hydrogen-bond acceptors (Lipinski definition) is 1. The molecule has 0 aliphatic carbocycles. The molecule has 3 heteroatoms. The number of amides is 1. The summed E-state index contributed by atoms with van der Waals surface area (Å²) in [6, 6.07) is 0. The van der Waals surface area contributed by atoms with Gasteiger partial charge in [0.25, 0.3) is 0 Å². The summed E-state index contributed by atoms with van der Waals surface area (Å²) in [7, 11) is 0. The van der Waals surface area contributed by atoms with E-state index in [-0.39, 0.29) is 21.1 Å². The van der Waals surface area contributed by atoms with E-state index in [9.17, 15) is 4.79 Å². The van der Waals surface area contributed by atoms with Crippen LogP contribution in [0.25, 0.3) is 5.73 Å². The molecule has 0 spiro atoms. The smallest absolute Gasteiger partial charge is 0.0484 e. The van der Waals surface area contributed by atoms with Gasteiger partial charge < -0.3 is 10.5 Å². The Morgan fingerprint density at radius 2 is 2.00 bits per heavy atom. The molecule has 1 N–H and O–H groups in total. The van der Waals surface area contributed by atoms with E-state index in [2.05, 4.69) is 0 Å². The fourth-order valence-corrected chi connectivity index (χ4v) is 0. The summed E-state index contributed by atoms with van der Waals surface area (Å²) >= 11 is 0. The van der Waals surface area contributed by atoms with Gasteiger partial charge in [0.15, 0.2) is 0 Å². The first-order valence-corrected chi connectivity index (χ1v) is 1.51. The van der Waals surface area contributed by atoms with Crippen molar-refractivity contribution >= 4 is 5.91 Å². The molecular weight excluding hydrogens is 250 g/mol. The van der Waals surface area contributed by atoms with Crippen LogP contribution in [0, 0.1) is 0 Å². The van der Waals surface area contributed by atoms with Crippen LogP contribution in [0.2, 0.25) is 0 Å². The molecule has 36 valence electrons. The first-order valence-electron chi connectivity index (χ1n) is 1.51. The van der Waals surface area contributed by atoms with Gasteiger partial charge in [0.05, 0.1) is 0 Å². The van der Waals surface area contributed by atoms with Crippen LogP contribution in [0.5, 0.6) is 0 Å². The van der Waals surface area contributed by atoms with E-state index < -0.39 is 5.91 Å².